The summed E-state index contributed by atoms with van der Waals surface area (Å²) in [4.78, 5) is 25.0. The van der Waals surface area contributed by atoms with Gasteiger partial charge in [0.1, 0.15) is 5.75 Å². The van der Waals surface area contributed by atoms with E-state index in [9.17, 15) is 14.9 Å². The fourth-order valence-electron chi connectivity index (χ4n) is 3.55. The number of piperidine rings is 1. The van der Waals surface area contributed by atoms with Crippen LogP contribution >= 0.6 is 12.4 Å². The van der Waals surface area contributed by atoms with Crippen molar-refractivity contribution in [2.24, 2.45) is 5.41 Å². The molecular weight excluding hydrogens is 334 g/mol. The zero-order chi connectivity index (χ0) is 16.4. The van der Waals surface area contributed by atoms with Crippen molar-refractivity contribution in [2.45, 2.75) is 19.3 Å². The van der Waals surface area contributed by atoms with Crippen molar-refractivity contribution in [2.75, 3.05) is 33.3 Å². The van der Waals surface area contributed by atoms with Crippen LogP contribution in [0.2, 0.25) is 0 Å². The van der Waals surface area contributed by atoms with E-state index in [0.29, 0.717) is 24.3 Å². The number of nitrogens with one attached hydrogen (secondary N) is 1. The number of likely N-dealkylation sites (tertiary alicyclic amines) is 1. The molecule has 2 fully saturated rings. The zero-order valence-corrected chi connectivity index (χ0v) is 14.4. The average molecular weight is 356 g/mol. The zero-order valence-electron chi connectivity index (χ0n) is 13.6. The first-order valence-corrected chi connectivity index (χ1v) is 7.87. The molecular formula is C16H22ClN3O4. The van der Waals surface area contributed by atoms with E-state index in [4.69, 9.17) is 4.74 Å². The lowest BCUT2D eigenvalue weighted by Crippen LogP contribution is -2.44. The third kappa shape index (κ3) is 3.47. The van der Waals surface area contributed by atoms with Crippen molar-refractivity contribution < 1.29 is 14.5 Å². The number of benzene rings is 1. The molecule has 1 aromatic carbocycles. The molecule has 0 aliphatic carbocycles. The Labute approximate surface area is 146 Å². The van der Waals surface area contributed by atoms with Crippen molar-refractivity contribution >= 4 is 24.0 Å². The predicted molar refractivity (Wildman–Crippen MR) is 92.0 cm³/mol. The molecule has 0 radical (unpaired) electrons. The van der Waals surface area contributed by atoms with E-state index in [1.807, 2.05) is 0 Å². The Morgan fingerprint density at radius 1 is 1.33 bits per heavy atom. The molecule has 0 saturated carbocycles. The number of nitrogens with zero attached hydrogens (tertiary/aromatic N) is 2. The SMILES string of the molecule is COc1ccc([N+](=O)[O-])cc1C(=O)N1CCC2(CCNC2)CC1.Cl. The van der Waals surface area contributed by atoms with Crippen molar-refractivity contribution in [1.82, 2.24) is 10.2 Å². The summed E-state index contributed by atoms with van der Waals surface area (Å²) in [7, 11) is 1.47. The van der Waals surface area contributed by atoms with Crippen LogP contribution in [0, 0.1) is 15.5 Å². The standard InChI is InChI=1S/C16H21N3O4.ClH/c1-23-14-3-2-12(19(21)22)10-13(14)15(20)18-8-5-16(6-9-18)4-7-17-11-16;/h2-3,10,17H,4-9,11H2,1H3;1H. The molecule has 0 atom stereocenters. The van der Waals surface area contributed by atoms with Crippen LogP contribution < -0.4 is 10.1 Å². The number of nitro groups is 1. The van der Waals surface area contributed by atoms with Gasteiger partial charge in [-0.1, -0.05) is 0 Å². The van der Waals surface area contributed by atoms with Gasteiger partial charge >= 0.3 is 0 Å². The molecule has 132 valence electrons. The minimum atomic E-state index is -0.494. The van der Waals surface area contributed by atoms with E-state index in [-0.39, 0.29) is 29.6 Å². The summed E-state index contributed by atoms with van der Waals surface area (Å²) in [6.07, 6.45) is 3.11. The van der Waals surface area contributed by atoms with Gasteiger partial charge in [0.2, 0.25) is 0 Å². The molecule has 8 heteroatoms. The summed E-state index contributed by atoms with van der Waals surface area (Å²) >= 11 is 0. The molecule has 0 unspecified atom stereocenters. The first kappa shape index (κ1) is 18.5. The molecule has 1 spiro atoms. The Hall–Kier alpha value is -1.86. The summed E-state index contributed by atoms with van der Waals surface area (Å²) in [5.41, 5.74) is 0.494. The number of non-ortho nitro benzene ring substituents is 1. The normalized spacial score (nSPS) is 19.0. The third-order valence-electron chi connectivity index (χ3n) is 5.07. The maximum atomic E-state index is 12.8. The van der Waals surface area contributed by atoms with Gasteiger partial charge in [0.25, 0.3) is 11.6 Å². The van der Waals surface area contributed by atoms with Crippen molar-refractivity contribution in [3.63, 3.8) is 0 Å². The lowest BCUT2D eigenvalue weighted by molar-refractivity contribution is -0.384. The Bertz CT molecular complexity index is 622. The van der Waals surface area contributed by atoms with Gasteiger partial charge in [0.15, 0.2) is 0 Å². The fourth-order valence-corrected chi connectivity index (χ4v) is 3.55. The molecule has 1 aromatic rings. The van der Waals surface area contributed by atoms with E-state index in [0.717, 1.165) is 32.4 Å². The van der Waals surface area contributed by atoms with E-state index in [2.05, 4.69) is 5.32 Å². The summed E-state index contributed by atoms with van der Waals surface area (Å²) in [5.74, 6) is 0.190. The highest BCUT2D eigenvalue weighted by Crippen LogP contribution is 2.37. The highest BCUT2D eigenvalue weighted by atomic mass is 35.5. The molecule has 24 heavy (non-hydrogen) atoms. The number of amides is 1. The van der Waals surface area contributed by atoms with Gasteiger partial charge in [-0.2, -0.15) is 0 Å². The third-order valence-corrected chi connectivity index (χ3v) is 5.07. The molecule has 2 aliphatic heterocycles. The van der Waals surface area contributed by atoms with E-state index >= 15 is 0 Å². The van der Waals surface area contributed by atoms with Gasteiger partial charge in [0.05, 0.1) is 17.6 Å². The van der Waals surface area contributed by atoms with Crippen LogP contribution in [0.5, 0.6) is 5.75 Å². The first-order valence-electron chi connectivity index (χ1n) is 7.87. The quantitative estimate of drug-likeness (QED) is 0.664. The Kier molecular flexibility index (Phi) is 5.66. The van der Waals surface area contributed by atoms with Crippen LogP contribution in [0.4, 0.5) is 5.69 Å². The number of methoxy groups -OCH3 is 1. The monoisotopic (exact) mass is 355 g/mol. The first-order chi connectivity index (χ1) is 11.0. The molecule has 1 amide bonds. The van der Waals surface area contributed by atoms with Gasteiger partial charge in [-0.15, -0.1) is 12.4 Å². The number of halogens is 1. The van der Waals surface area contributed by atoms with Crippen LogP contribution in [0.1, 0.15) is 29.6 Å². The highest BCUT2D eigenvalue weighted by molar-refractivity contribution is 5.97. The second-order valence-corrected chi connectivity index (χ2v) is 6.36. The summed E-state index contributed by atoms with van der Waals surface area (Å²) in [6, 6.07) is 4.14. The maximum Gasteiger partial charge on any atom is 0.270 e. The Balaban J connectivity index is 0.00000208. The average Bonchev–Trinajstić information content (AvgIpc) is 3.02. The molecule has 2 heterocycles. The van der Waals surface area contributed by atoms with E-state index in [1.54, 1.807) is 4.90 Å². The minimum Gasteiger partial charge on any atom is -0.496 e. The number of nitro benzene ring substituents is 1. The van der Waals surface area contributed by atoms with Crippen molar-refractivity contribution in [3.8, 4) is 5.75 Å². The van der Waals surface area contributed by atoms with E-state index < -0.39 is 4.92 Å². The summed E-state index contributed by atoms with van der Waals surface area (Å²) in [6.45, 7) is 3.44. The van der Waals surface area contributed by atoms with Gasteiger partial charge in [0, 0.05) is 31.8 Å². The van der Waals surface area contributed by atoms with Gasteiger partial charge in [-0.3, -0.25) is 14.9 Å². The maximum absolute atomic E-state index is 12.8. The molecule has 1 N–H and O–H groups in total. The second kappa shape index (κ2) is 7.36. The lowest BCUT2D eigenvalue weighted by atomic mass is 9.78. The topological polar surface area (TPSA) is 84.7 Å². The van der Waals surface area contributed by atoms with E-state index in [1.165, 1.54) is 25.3 Å². The van der Waals surface area contributed by atoms with Gasteiger partial charge in [-0.25, -0.2) is 0 Å². The minimum absolute atomic E-state index is 0. The van der Waals surface area contributed by atoms with Crippen molar-refractivity contribution in [1.29, 1.82) is 0 Å². The van der Waals surface area contributed by atoms with Crippen molar-refractivity contribution in [3.05, 3.63) is 33.9 Å². The lowest BCUT2D eigenvalue weighted by Gasteiger charge is -2.39. The number of ether oxygens (including phenoxy) is 1. The van der Waals surface area contributed by atoms with Crippen LogP contribution in [-0.2, 0) is 0 Å². The van der Waals surface area contributed by atoms with Gasteiger partial charge in [-0.05, 0) is 37.3 Å². The smallest absolute Gasteiger partial charge is 0.270 e. The molecule has 7 nitrogen and oxygen atoms in total. The summed E-state index contributed by atoms with van der Waals surface area (Å²) < 4.78 is 5.21. The number of hydrogen-bond acceptors (Lipinski definition) is 5. The number of carbonyl (C=O) groups is 1. The number of carbonyl (C=O) groups excluding carboxylic acids is 1. The molecule has 0 bridgehead atoms. The molecule has 2 aliphatic rings. The second-order valence-electron chi connectivity index (χ2n) is 6.36. The Morgan fingerprint density at radius 3 is 2.58 bits per heavy atom. The summed E-state index contributed by atoms with van der Waals surface area (Å²) in [5, 5.41) is 14.4. The van der Waals surface area contributed by atoms with Gasteiger partial charge < -0.3 is 15.0 Å². The highest BCUT2D eigenvalue weighted by Gasteiger charge is 2.38. The Morgan fingerprint density at radius 2 is 2.04 bits per heavy atom. The predicted octanol–water partition coefficient (Wildman–Crippen LogP) is 2.24. The number of rotatable bonds is 3. The molecule has 2 saturated heterocycles. The molecule has 0 aromatic heterocycles. The van der Waals surface area contributed by atoms with Crippen LogP contribution in [-0.4, -0.2) is 49.0 Å². The fraction of sp³-hybridized carbons (Fsp3) is 0.562. The molecule has 3 rings (SSSR count). The van der Waals surface area contributed by atoms with Crippen LogP contribution in [0.3, 0.4) is 0 Å². The van der Waals surface area contributed by atoms with Crippen LogP contribution in [0.25, 0.3) is 0 Å². The largest absolute Gasteiger partial charge is 0.496 e. The van der Waals surface area contributed by atoms with Crippen LogP contribution in [0.15, 0.2) is 18.2 Å². The number of hydrogen-bond donors (Lipinski definition) is 1.